The minimum absolute atomic E-state index is 0.201. The third kappa shape index (κ3) is 3.21. The van der Waals surface area contributed by atoms with Crippen molar-refractivity contribution >= 4 is 5.82 Å². The third-order valence-corrected chi connectivity index (χ3v) is 2.01. The first kappa shape index (κ1) is 11.9. The number of nitrogens with two attached hydrogens (primary N) is 1. The highest BCUT2D eigenvalue weighted by molar-refractivity contribution is 5.42. The van der Waals surface area contributed by atoms with Crippen LogP contribution in [0.3, 0.4) is 0 Å². The fourth-order valence-electron chi connectivity index (χ4n) is 1.30. The smallest absolute Gasteiger partial charge is 0.144 e. The molecule has 0 unspecified atom stereocenters. The van der Waals surface area contributed by atoms with E-state index in [2.05, 4.69) is 10.4 Å². The van der Waals surface area contributed by atoms with E-state index in [1.807, 2.05) is 18.2 Å². The van der Waals surface area contributed by atoms with Gasteiger partial charge in [0.15, 0.2) is 0 Å². The predicted molar refractivity (Wildman–Crippen MR) is 58.6 cm³/mol. The van der Waals surface area contributed by atoms with Crippen molar-refractivity contribution in [1.29, 1.82) is 10.5 Å². The summed E-state index contributed by atoms with van der Waals surface area (Å²) >= 11 is 0. The summed E-state index contributed by atoms with van der Waals surface area (Å²) in [6.45, 7) is 0.868. The third-order valence-electron chi connectivity index (χ3n) is 2.01. The number of nitrogens with one attached hydrogen (secondary N) is 1. The number of rotatable bonds is 5. The standard InChI is InChI=1S/C10H12N6/c11-3-6-16(7-4-12)8-9-2-1-5-14-10(9)15-13/h1-2,5H,6-8,13H2,(H,14,15). The fraction of sp³-hybridized carbons (Fsp3) is 0.300. The second kappa shape index (κ2) is 6.36. The van der Waals surface area contributed by atoms with Crippen LogP contribution in [0, 0.1) is 22.7 Å². The summed E-state index contributed by atoms with van der Waals surface area (Å²) in [7, 11) is 0. The molecule has 0 saturated carbocycles. The van der Waals surface area contributed by atoms with Gasteiger partial charge in [-0.2, -0.15) is 10.5 Å². The normalized spacial score (nSPS) is 9.50. The van der Waals surface area contributed by atoms with E-state index >= 15 is 0 Å². The van der Waals surface area contributed by atoms with Gasteiger partial charge in [-0.25, -0.2) is 10.8 Å². The summed E-state index contributed by atoms with van der Waals surface area (Å²) in [6.07, 6.45) is 1.62. The van der Waals surface area contributed by atoms with Crippen LogP contribution in [0.1, 0.15) is 5.56 Å². The van der Waals surface area contributed by atoms with Gasteiger partial charge in [0.2, 0.25) is 0 Å². The monoisotopic (exact) mass is 216 g/mol. The first-order valence-electron chi connectivity index (χ1n) is 4.68. The quantitative estimate of drug-likeness (QED) is 0.414. The summed E-state index contributed by atoms with van der Waals surface area (Å²) in [5.74, 6) is 5.87. The van der Waals surface area contributed by atoms with Crippen LogP contribution in [0.15, 0.2) is 18.3 Å². The van der Waals surface area contributed by atoms with Crippen molar-refractivity contribution in [3.63, 3.8) is 0 Å². The number of hydrogen-bond acceptors (Lipinski definition) is 6. The molecule has 0 spiro atoms. The Kier molecular flexibility index (Phi) is 4.74. The molecule has 82 valence electrons. The summed E-state index contributed by atoms with van der Waals surface area (Å²) < 4.78 is 0. The van der Waals surface area contributed by atoms with Crippen molar-refractivity contribution in [2.24, 2.45) is 5.84 Å². The number of pyridine rings is 1. The van der Waals surface area contributed by atoms with E-state index < -0.39 is 0 Å². The molecule has 0 aliphatic carbocycles. The molecule has 0 amide bonds. The number of hydrazine groups is 1. The molecule has 0 aliphatic rings. The van der Waals surface area contributed by atoms with Crippen LogP contribution < -0.4 is 11.3 Å². The number of nitrogen functional groups attached to an aromatic ring is 1. The number of hydrogen-bond donors (Lipinski definition) is 2. The van der Waals surface area contributed by atoms with Crippen LogP contribution in [-0.4, -0.2) is 23.0 Å². The van der Waals surface area contributed by atoms with Gasteiger partial charge in [-0.05, 0) is 6.07 Å². The molecule has 0 saturated heterocycles. The molecule has 0 aromatic carbocycles. The lowest BCUT2D eigenvalue weighted by Gasteiger charge is -2.16. The van der Waals surface area contributed by atoms with E-state index in [0.717, 1.165) is 5.56 Å². The van der Waals surface area contributed by atoms with Gasteiger partial charge in [0.1, 0.15) is 5.82 Å². The second-order valence-electron chi connectivity index (χ2n) is 3.12. The largest absolute Gasteiger partial charge is 0.308 e. The molecular weight excluding hydrogens is 204 g/mol. The van der Waals surface area contributed by atoms with Gasteiger partial charge in [0.25, 0.3) is 0 Å². The Balaban J connectivity index is 2.77. The maximum absolute atomic E-state index is 8.61. The Morgan fingerprint density at radius 3 is 2.62 bits per heavy atom. The van der Waals surface area contributed by atoms with Gasteiger partial charge in [-0.15, -0.1) is 0 Å². The molecule has 0 bridgehead atoms. The van der Waals surface area contributed by atoms with Crippen molar-refractivity contribution < 1.29 is 0 Å². The highest BCUT2D eigenvalue weighted by Crippen LogP contribution is 2.12. The maximum Gasteiger partial charge on any atom is 0.144 e. The van der Waals surface area contributed by atoms with E-state index in [-0.39, 0.29) is 13.1 Å². The summed E-state index contributed by atoms with van der Waals surface area (Å²) in [6, 6.07) is 7.66. The molecule has 6 heteroatoms. The van der Waals surface area contributed by atoms with Gasteiger partial charge in [0, 0.05) is 18.3 Å². The molecule has 0 aliphatic heterocycles. The molecule has 1 aromatic rings. The first-order valence-corrected chi connectivity index (χ1v) is 4.68. The van der Waals surface area contributed by atoms with Gasteiger partial charge in [0.05, 0.1) is 25.2 Å². The molecule has 0 fully saturated rings. The summed E-state index contributed by atoms with van der Waals surface area (Å²) in [5.41, 5.74) is 3.34. The lowest BCUT2D eigenvalue weighted by molar-refractivity contribution is 0.335. The lowest BCUT2D eigenvalue weighted by atomic mass is 10.2. The van der Waals surface area contributed by atoms with E-state index in [9.17, 15) is 0 Å². The van der Waals surface area contributed by atoms with E-state index in [1.54, 1.807) is 17.2 Å². The highest BCUT2D eigenvalue weighted by Gasteiger charge is 2.08. The zero-order valence-corrected chi connectivity index (χ0v) is 8.72. The fourth-order valence-corrected chi connectivity index (χ4v) is 1.30. The Hall–Kier alpha value is -2.15. The van der Waals surface area contributed by atoms with Crippen molar-refractivity contribution in [3.05, 3.63) is 23.9 Å². The molecule has 1 rings (SSSR count). The minimum atomic E-state index is 0.201. The van der Waals surface area contributed by atoms with Gasteiger partial charge >= 0.3 is 0 Å². The van der Waals surface area contributed by atoms with E-state index in [0.29, 0.717) is 12.4 Å². The Labute approximate surface area is 93.9 Å². The van der Waals surface area contributed by atoms with Crippen molar-refractivity contribution in [2.75, 3.05) is 18.5 Å². The highest BCUT2D eigenvalue weighted by atomic mass is 15.3. The summed E-state index contributed by atoms with van der Waals surface area (Å²) in [4.78, 5) is 5.75. The van der Waals surface area contributed by atoms with Gasteiger partial charge < -0.3 is 5.43 Å². The van der Waals surface area contributed by atoms with E-state index in [4.69, 9.17) is 16.4 Å². The Morgan fingerprint density at radius 2 is 2.06 bits per heavy atom. The molecule has 1 heterocycles. The molecule has 16 heavy (non-hydrogen) atoms. The zero-order chi connectivity index (χ0) is 11.8. The van der Waals surface area contributed by atoms with Gasteiger partial charge in [-0.3, -0.25) is 4.90 Å². The number of nitriles is 2. The topological polar surface area (TPSA) is 102 Å². The average molecular weight is 216 g/mol. The summed E-state index contributed by atoms with van der Waals surface area (Å²) in [5, 5.41) is 17.2. The maximum atomic E-state index is 8.61. The molecule has 0 radical (unpaired) electrons. The predicted octanol–water partition coefficient (Wildman–Crippen LogP) is 0.216. The first-order chi connectivity index (χ1) is 7.81. The molecular formula is C10H12N6. The van der Waals surface area contributed by atoms with Crippen LogP contribution in [0.4, 0.5) is 5.82 Å². The average Bonchev–Trinajstić information content (AvgIpc) is 2.30. The SMILES string of the molecule is N#CCN(CC#N)Cc1cccnc1NN. The zero-order valence-electron chi connectivity index (χ0n) is 8.72. The molecule has 6 nitrogen and oxygen atoms in total. The van der Waals surface area contributed by atoms with Crippen molar-refractivity contribution in [1.82, 2.24) is 9.88 Å². The van der Waals surface area contributed by atoms with Crippen molar-refractivity contribution in [2.45, 2.75) is 6.54 Å². The number of nitrogens with zero attached hydrogens (tertiary/aromatic N) is 4. The Bertz CT molecular complexity index is 400. The van der Waals surface area contributed by atoms with Crippen LogP contribution in [0.2, 0.25) is 0 Å². The van der Waals surface area contributed by atoms with Crippen LogP contribution >= 0.6 is 0 Å². The second-order valence-corrected chi connectivity index (χ2v) is 3.12. The van der Waals surface area contributed by atoms with Gasteiger partial charge in [-0.1, -0.05) is 6.07 Å². The van der Waals surface area contributed by atoms with Crippen molar-refractivity contribution in [3.8, 4) is 12.1 Å². The van der Waals surface area contributed by atoms with Crippen LogP contribution in [0.5, 0.6) is 0 Å². The number of aromatic nitrogens is 1. The molecule has 0 atom stereocenters. The molecule has 1 aromatic heterocycles. The lowest BCUT2D eigenvalue weighted by Crippen LogP contribution is -2.25. The Morgan fingerprint density at radius 1 is 1.38 bits per heavy atom. The van der Waals surface area contributed by atoms with Crippen LogP contribution in [0.25, 0.3) is 0 Å². The van der Waals surface area contributed by atoms with E-state index in [1.165, 1.54) is 0 Å². The van der Waals surface area contributed by atoms with Crippen LogP contribution in [-0.2, 0) is 6.54 Å². The number of anilines is 1. The minimum Gasteiger partial charge on any atom is -0.308 e. The molecule has 3 N–H and O–H groups in total.